The number of H-pyrrole nitrogens is 1. The number of hydrogen-bond acceptors (Lipinski definition) is 3. The first-order valence-corrected chi connectivity index (χ1v) is 5.86. The fourth-order valence-corrected chi connectivity index (χ4v) is 2.17. The molecule has 0 aliphatic rings. The summed E-state index contributed by atoms with van der Waals surface area (Å²) >= 11 is 0. The van der Waals surface area contributed by atoms with Crippen LogP contribution in [0.25, 0.3) is 10.9 Å². The normalized spacial score (nSPS) is 12.2. The molecular formula is C13H20N4. The van der Waals surface area contributed by atoms with E-state index in [9.17, 15) is 0 Å². The van der Waals surface area contributed by atoms with Gasteiger partial charge < -0.3 is 10.3 Å². The van der Waals surface area contributed by atoms with Crippen molar-refractivity contribution >= 4 is 10.9 Å². The van der Waals surface area contributed by atoms with E-state index in [4.69, 9.17) is 5.84 Å². The van der Waals surface area contributed by atoms with E-state index >= 15 is 0 Å². The lowest BCUT2D eigenvalue weighted by atomic mass is 9.84. The Kier molecular flexibility index (Phi) is 3.47. The fraction of sp³-hybridized carbons (Fsp3) is 0.385. The molecule has 0 unspecified atom stereocenters. The molecule has 1 aromatic heterocycles. The van der Waals surface area contributed by atoms with Crippen molar-refractivity contribution in [1.29, 1.82) is 0 Å². The Hall–Kier alpha value is -1.36. The van der Waals surface area contributed by atoms with Gasteiger partial charge >= 0.3 is 0 Å². The zero-order chi connectivity index (χ0) is 12.3. The van der Waals surface area contributed by atoms with Crippen LogP contribution < -0.4 is 16.6 Å². The molecule has 0 spiro atoms. The molecular weight excluding hydrogens is 212 g/mol. The van der Waals surface area contributed by atoms with Crippen molar-refractivity contribution in [2.75, 3.05) is 13.2 Å². The SMILES string of the molecule is CC(C)(CNCNN)c1c[nH]c2ccccc12. The van der Waals surface area contributed by atoms with Crippen molar-refractivity contribution in [1.82, 2.24) is 15.7 Å². The molecule has 0 amide bonds. The predicted octanol–water partition coefficient (Wildman–Crippen LogP) is 1.46. The van der Waals surface area contributed by atoms with Crippen molar-refractivity contribution < 1.29 is 0 Å². The molecule has 0 radical (unpaired) electrons. The van der Waals surface area contributed by atoms with Crippen molar-refractivity contribution in [3.63, 3.8) is 0 Å². The standard InChI is InChI=1S/C13H20N4/c1-13(2,8-15-9-17-14)11-7-16-12-6-4-3-5-10(11)12/h3-7,15-17H,8-9,14H2,1-2H3. The van der Waals surface area contributed by atoms with Gasteiger partial charge in [-0.05, 0) is 11.6 Å². The van der Waals surface area contributed by atoms with Crippen molar-refractivity contribution in [2.24, 2.45) is 5.84 Å². The summed E-state index contributed by atoms with van der Waals surface area (Å²) in [6.45, 7) is 5.95. The van der Waals surface area contributed by atoms with Crippen LogP contribution in [0.3, 0.4) is 0 Å². The molecule has 2 aromatic rings. The Morgan fingerprint density at radius 3 is 2.82 bits per heavy atom. The summed E-state index contributed by atoms with van der Waals surface area (Å²) in [5.41, 5.74) is 5.19. The maximum absolute atomic E-state index is 5.25. The summed E-state index contributed by atoms with van der Waals surface area (Å²) in [4.78, 5) is 3.32. The molecule has 5 N–H and O–H groups in total. The third-order valence-electron chi connectivity index (χ3n) is 3.11. The van der Waals surface area contributed by atoms with Crippen LogP contribution in [0.2, 0.25) is 0 Å². The van der Waals surface area contributed by atoms with Gasteiger partial charge in [0.25, 0.3) is 0 Å². The molecule has 92 valence electrons. The van der Waals surface area contributed by atoms with Crippen molar-refractivity contribution in [3.05, 3.63) is 36.0 Å². The largest absolute Gasteiger partial charge is 0.361 e. The third-order valence-corrected chi connectivity index (χ3v) is 3.11. The molecule has 0 saturated heterocycles. The highest BCUT2D eigenvalue weighted by Crippen LogP contribution is 2.29. The Labute approximate surface area is 102 Å². The van der Waals surface area contributed by atoms with Crippen LogP contribution in [0.1, 0.15) is 19.4 Å². The number of rotatable bonds is 5. The van der Waals surface area contributed by atoms with Gasteiger partial charge in [-0.25, -0.2) is 5.43 Å². The maximum Gasteiger partial charge on any atom is 0.0587 e. The number of aromatic amines is 1. The highest BCUT2D eigenvalue weighted by molar-refractivity contribution is 5.84. The Bertz CT molecular complexity index is 487. The smallest absolute Gasteiger partial charge is 0.0587 e. The van der Waals surface area contributed by atoms with Crippen molar-refractivity contribution in [3.8, 4) is 0 Å². The summed E-state index contributed by atoms with van der Waals surface area (Å²) in [5.74, 6) is 5.25. The number of aromatic nitrogens is 1. The first-order chi connectivity index (χ1) is 8.15. The number of fused-ring (bicyclic) bond motifs is 1. The maximum atomic E-state index is 5.25. The van der Waals surface area contributed by atoms with Gasteiger partial charge in [0.15, 0.2) is 0 Å². The second-order valence-corrected chi connectivity index (χ2v) is 4.94. The van der Waals surface area contributed by atoms with E-state index in [-0.39, 0.29) is 5.41 Å². The zero-order valence-corrected chi connectivity index (χ0v) is 10.4. The predicted molar refractivity (Wildman–Crippen MR) is 71.5 cm³/mol. The van der Waals surface area contributed by atoms with Crippen LogP contribution in [0, 0.1) is 0 Å². The van der Waals surface area contributed by atoms with E-state index in [0.29, 0.717) is 6.67 Å². The summed E-state index contributed by atoms with van der Waals surface area (Å²) < 4.78 is 0. The number of nitrogens with one attached hydrogen (secondary N) is 3. The molecule has 0 bridgehead atoms. The Morgan fingerprint density at radius 1 is 1.29 bits per heavy atom. The highest BCUT2D eigenvalue weighted by Gasteiger charge is 2.23. The fourth-order valence-electron chi connectivity index (χ4n) is 2.17. The second kappa shape index (κ2) is 4.87. The van der Waals surface area contributed by atoms with Crippen LogP contribution in [0.4, 0.5) is 0 Å². The number of nitrogens with two attached hydrogens (primary N) is 1. The lowest BCUT2D eigenvalue weighted by molar-refractivity contribution is 0.457. The van der Waals surface area contributed by atoms with E-state index in [1.807, 2.05) is 6.07 Å². The van der Waals surface area contributed by atoms with Gasteiger partial charge in [-0.3, -0.25) is 5.84 Å². The summed E-state index contributed by atoms with van der Waals surface area (Å²) in [7, 11) is 0. The van der Waals surface area contributed by atoms with E-state index < -0.39 is 0 Å². The van der Waals surface area contributed by atoms with Crippen LogP contribution in [0.15, 0.2) is 30.5 Å². The van der Waals surface area contributed by atoms with Gasteiger partial charge in [0.05, 0.1) is 6.67 Å². The molecule has 2 rings (SSSR count). The molecule has 0 aliphatic heterocycles. The molecule has 0 saturated carbocycles. The van der Waals surface area contributed by atoms with Crippen LogP contribution in [0.5, 0.6) is 0 Å². The van der Waals surface area contributed by atoms with E-state index in [1.165, 1.54) is 16.5 Å². The van der Waals surface area contributed by atoms with Crippen molar-refractivity contribution in [2.45, 2.75) is 19.3 Å². The Morgan fingerprint density at radius 2 is 2.06 bits per heavy atom. The first kappa shape index (κ1) is 12.1. The van der Waals surface area contributed by atoms with Gasteiger partial charge in [0.2, 0.25) is 0 Å². The first-order valence-electron chi connectivity index (χ1n) is 5.86. The summed E-state index contributed by atoms with van der Waals surface area (Å²) in [6, 6.07) is 8.38. The van der Waals surface area contributed by atoms with Crippen LogP contribution in [-0.2, 0) is 5.41 Å². The quantitative estimate of drug-likeness (QED) is 0.273. The second-order valence-electron chi connectivity index (χ2n) is 4.94. The number of benzene rings is 1. The molecule has 1 heterocycles. The van der Waals surface area contributed by atoms with Crippen LogP contribution >= 0.6 is 0 Å². The van der Waals surface area contributed by atoms with Gasteiger partial charge in [-0.15, -0.1) is 0 Å². The minimum atomic E-state index is 0.0659. The number of hydrogen-bond donors (Lipinski definition) is 4. The third kappa shape index (κ3) is 2.49. The van der Waals surface area contributed by atoms with Gasteiger partial charge in [-0.1, -0.05) is 32.0 Å². The summed E-state index contributed by atoms with van der Waals surface area (Å²) in [5, 5.41) is 4.57. The average molecular weight is 232 g/mol. The molecule has 0 fully saturated rings. The van der Waals surface area contributed by atoms with E-state index in [2.05, 4.69) is 54.0 Å². The number of hydrazine groups is 1. The van der Waals surface area contributed by atoms with E-state index in [0.717, 1.165) is 6.54 Å². The van der Waals surface area contributed by atoms with Crippen LogP contribution in [-0.4, -0.2) is 18.2 Å². The van der Waals surface area contributed by atoms with E-state index in [1.54, 1.807) is 0 Å². The van der Waals surface area contributed by atoms with Gasteiger partial charge in [0.1, 0.15) is 0 Å². The minimum Gasteiger partial charge on any atom is -0.361 e. The monoisotopic (exact) mass is 232 g/mol. The minimum absolute atomic E-state index is 0.0659. The topological polar surface area (TPSA) is 65.9 Å². The molecule has 17 heavy (non-hydrogen) atoms. The highest BCUT2D eigenvalue weighted by atomic mass is 15.3. The Balaban J connectivity index is 2.25. The molecule has 0 atom stereocenters. The summed E-state index contributed by atoms with van der Waals surface area (Å²) in [6.07, 6.45) is 2.10. The number of para-hydroxylation sites is 1. The lowest BCUT2D eigenvalue weighted by Gasteiger charge is -2.25. The lowest BCUT2D eigenvalue weighted by Crippen LogP contribution is -2.40. The molecule has 1 aromatic carbocycles. The average Bonchev–Trinajstić information content (AvgIpc) is 2.73. The molecule has 0 aliphatic carbocycles. The zero-order valence-electron chi connectivity index (χ0n) is 10.4. The molecule has 4 nitrogen and oxygen atoms in total. The van der Waals surface area contributed by atoms with Gasteiger partial charge in [-0.2, -0.15) is 0 Å². The van der Waals surface area contributed by atoms with Gasteiger partial charge in [0, 0.05) is 29.1 Å². The molecule has 4 heteroatoms.